The number of fused-ring (bicyclic) bond motifs is 1. The van der Waals surface area contributed by atoms with E-state index in [-0.39, 0.29) is 5.97 Å². The highest BCUT2D eigenvalue weighted by molar-refractivity contribution is 6.06. The fourth-order valence-corrected chi connectivity index (χ4v) is 3.14. The second-order valence-electron chi connectivity index (χ2n) is 6.07. The molecular weight excluding hydrogens is 330 g/mol. The molecule has 0 saturated heterocycles. The summed E-state index contributed by atoms with van der Waals surface area (Å²) in [4.78, 5) is 16.7. The van der Waals surface area contributed by atoms with Crippen LogP contribution in [0.25, 0.3) is 11.0 Å². The van der Waals surface area contributed by atoms with Crippen molar-refractivity contribution in [3.8, 4) is 5.75 Å². The number of pyridine rings is 1. The number of nitrogens with zero attached hydrogens (tertiary/aromatic N) is 1. The minimum Gasteiger partial charge on any atom is -0.489 e. The maximum absolute atomic E-state index is 12.3. The number of carbonyl (C=O) groups excluding carboxylic acids is 1. The molecule has 5 heteroatoms. The highest BCUT2D eigenvalue weighted by atomic mass is 16.5. The van der Waals surface area contributed by atoms with Crippen LogP contribution in [0, 0.1) is 13.8 Å². The van der Waals surface area contributed by atoms with Crippen LogP contribution < -0.4 is 4.74 Å². The molecule has 0 aliphatic rings. The molecule has 26 heavy (non-hydrogen) atoms. The predicted octanol–water partition coefficient (Wildman–Crippen LogP) is 4.76. The molecule has 5 nitrogen and oxygen atoms in total. The number of aromatic nitrogens is 1. The molecular formula is C21H23NO4. The van der Waals surface area contributed by atoms with Gasteiger partial charge in [0.1, 0.15) is 29.3 Å². The molecule has 2 aromatic heterocycles. The molecule has 0 N–H and O–H groups in total. The summed E-state index contributed by atoms with van der Waals surface area (Å²) >= 11 is 0. The number of furan rings is 1. The van der Waals surface area contributed by atoms with Gasteiger partial charge < -0.3 is 13.9 Å². The third kappa shape index (κ3) is 3.29. The molecule has 0 amide bonds. The van der Waals surface area contributed by atoms with Crippen molar-refractivity contribution in [1.29, 1.82) is 0 Å². The number of carbonyl (C=O) groups is 1. The Bertz CT molecular complexity index is 943. The molecule has 0 saturated carbocycles. The standard InChI is InChI=1S/C21H23NO4/c1-5-16-15(8-7-11-22-16)12-25-17-9-10-18-19(13(17)3)20(14(4)26-18)21(23)24-6-2/h7-11H,5-6,12H2,1-4H3. The minimum atomic E-state index is -0.371. The molecule has 0 bridgehead atoms. The van der Waals surface area contributed by atoms with Gasteiger partial charge in [-0.05, 0) is 45.4 Å². The van der Waals surface area contributed by atoms with E-state index in [1.807, 2.05) is 31.2 Å². The number of esters is 1. The van der Waals surface area contributed by atoms with Crippen molar-refractivity contribution >= 4 is 16.9 Å². The van der Waals surface area contributed by atoms with E-state index in [4.69, 9.17) is 13.9 Å². The van der Waals surface area contributed by atoms with Crippen LogP contribution in [0.1, 0.15) is 46.8 Å². The van der Waals surface area contributed by atoms with Crippen LogP contribution in [0.5, 0.6) is 5.75 Å². The summed E-state index contributed by atoms with van der Waals surface area (Å²) in [6, 6.07) is 7.63. The monoisotopic (exact) mass is 353 g/mol. The van der Waals surface area contributed by atoms with Crippen molar-refractivity contribution in [1.82, 2.24) is 4.98 Å². The molecule has 136 valence electrons. The van der Waals surface area contributed by atoms with Crippen molar-refractivity contribution in [3.63, 3.8) is 0 Å². The van der Waals surface area contributed by atoms with Gasteiger partial charge in [0.2, 0.25) is 0 Å². The summed E-state index contributed by atoms with van der Waals surface area (Å²) in [5, 5.41) is 0.750. The third-order valence-electron chi connectivity index (χ3n) is 4.42. The molecule has 0 unspecified atom stereocenters. The van der Waals surface area contributed by atoms with Gasteiger partial charge in [0.15, 0.2) is 0 Å². The van der Waals surface area contributed by atoms with Crippen molar-refractivity contribution in [3.05, 3.63) is 58.6 Å². The van der Waals surface area contributed by atoms with Crippen LogP contribution in [-0.4, -0.2) is 17.6 Å². The SMILES string of the molecule is CCOC(=O)c1c(C)oc2ccc(OCc3cccnc3CC)c(C)c12. The number of rotatable bonds is 6. The second-order valence-corrected chi connectivity index (χ2v) is 6.07. The first-order valence-corrected chi connectivity index (χ1v) is 8.82. The zero-order valence-corrected chi connectivity index (χ0v) is 15.6. The van der Waals surface area contributed by atoms with Crippen LogP contribution in [0.3, 0.4) is 0 Å². The number of hydrogen-bond donors (Lipinski definition) is 0. The van der Waals surface area contributed by atoms with Crippen molar-refractivity contribution in [2.45, 2.75) is 40.7 Å². The lowest BCUT2D eigenvalue weighted by molar-refractivity contribution is 0.0526. The quantitative estimate of drug-likeness (QED) is 0.598. The van der Waals surface area contributed by atoms with Crippen LogP contribution >= 0.6 is 0 Å². The van der Waals surface area contributed by atoms with Gasteiger partial charge in [-0.2, -0.15) is 0 Å². The van der Waals surface area contributed by atoms with Gasteiger partial charge in [-0.3, -0.25) is 4.98 Å². The van der Waals surface area contributed by atoms with Gasteiger partial charge in [-0.25, -0.2) is 4.79 Å². The fraction of sp³-hybridized carbons (Fsp3) is 0.333. The van der Waals surface area contributed by atoms with Gasteiger partial charge in [-0.15, -0.1) is 0 Å². The molecule has 3 aromatic rings. The molecule has 2 heterocycles. The number of aryl methyl sites for hydroxylation is 3. The molecule has 1 aromatic carbocycles. The second kappa shape index (κ2) is 7.60. The zero-order valence-electron chi connectivity index (χ0n) is 15.6. The first kappa shape index (κ1) is 18.0. The summed E-state index contributed by atoms with van der Waals surface area (Å²) in [6.45, 7) is 8.31. The lowest BCUT2D eigenvalue weighted by Gasteiger charge is -2.12. The summed E-state index contributed by atoms with van der Waals surface area (Å²) in [6.07, 6.45) is 2.64. The Morgan fingerprint density at radius 1 is 1.19 bits per heavy atom. The molecule has 0 atom stereocenters. The first-order chi connectivity index (χ1) is 12.6. The van der Waals surface area contributed by atoms with E-state index in [1.165, 1.54) is 0 Å². The zero-order chi connectivity index (χ0) is 18.7. The number of ether oxygens (including phenoxy) is 2. The lowest BCUT2D eigenvalue weighted by atomic mass is 10.0. The van der Waals surface area contributed by atoms with E-state index in [9.17, 15) is 4.79 Å². The fourth-order valence-electron chi connectivity index (χ4n) is 3.14. The highest BCUT2D eigenvalue weighted by Crippen LogP contribution is 2.34. The Hall–Kier alpha value is -2.82. The van der Waals surface area contributed by atoms with Crippen LogP contribution in [0.4, 0.5) is 0 Å². The van der Waals surface area contributed by atoms with Crippen molar-refractivity contribution in [2.24, 2.45) is 0 Å². The number of hydrogen-bond acceptors (Lipinski definition) is 5. The average Bonchev–Trinajstić information content (AvgIpc) is 2.98. The Balaban J connectivity index is 1.96. The molecule has 0 aliphatic heterocycles. The molecule has 3 rings (SSSR count). The van der Waals surface area contributed by atoms with Crippen LogP contribution in [0.15, 0.2) is 34.9 Å². The van der Waals surface area contributed by atoms with Crippen LogP contribution in [0.2, 0.25) is 0 Å². The maximum Gasteiger partial charge on any atom is 0.342 e. The first-order valence-electron chi connectivity index (χ1n) is 8.82. The van der Waals surface area contributed by atoms with E-state index in [0.717, 1.165) is 34.4 Å². The van der Waals surface area contributed by atoms with Gasteiger partial charge in [0.05, 0.1) is 6.61 Å². The van der Waals surface area contributed by atoms with E-state index in [2.05, 4.69) is 11.9 Å². The maximum atomic E-state index is 12.3. The minimum absolute atomic E-state index is 0.320. The Morgan fingerprint density at radius 3 is 2.73 bits per heavy atom. The molecule has 0 spiro atoms. The average molecular weight is 353 g/mol. The Kier molecular flexibility index (Phi) is 5.26. The Labute approximate surface area is 152 Å². The van der Waals surface area contributed by atoms with Crippen molar-refractivity contribution < 1.29 is 18.7 Å². The third-order valence-corrected chi connectivity index (χ3v) is 4.42. The molecule has 0 radical (unpaired) electrons. The summed E-state index contributed by atoms with van der Waals surface area (Å²) in [5.74, 6) is 0.901. The highest BCUT2D eigenvalue weighted by Gasteiger charge is 2.22. The summed E-state index contributed by atoms with van der Waals surface area (Å²) in [7, 11) is 0. The van der Waals surface area contributed by atoms with Gasteiger partial charge in [-0.1, -0.05) is 13.0 Å². The van der Waals surface area contributed by atoms with Gasteiger partial charge >= 0.3 is 5.97 Å². The van der Waals surface area contributed by atoms with E-state index in [0.29, 0.717) is 30.1 Å². The molecule has 0 aliphatic carbocycles. The largest absolute Gasteiger partial charge is 0.489 e. The molecule has 0 fully saturated rings. The van der Waals surface area contributed by atoms with Gasteiger partial charge in [0.25, 0.3) is 0 Å². The summed E-state index contributed by atoms with van der Waals surface area (Å²) < 4.78 is 17.0. The predicted molar refractivity (Wildman–Crippen MR) is 99.6 cm³/mol. The van der Waals surface area contributed by atoms with Crippen LogP contribution in [-0.2, 0) is 17.8 Å². The van der Waals surface area contributed by atoms with E-state index >= 15 is 0 Å². The van der Waals surface area contributed by atoms with E-state index in [1.54, 1.807) is 20.0 Å². The van der Waals surface area contributed by atoms with E-state index < -0.39 is 0 Å². The van der Waals surface area contributed by atoms with Crippen molar-refractivity contribution in [2.75, 3.05) is 6.61 Å². The lowest BCUT2D eigenvalue weighted by Crippen LogP contribution is -2.06. The normalized spacial score (nSPS) is 10.9. The number of benzene rings is 1. The smallest absolute Gasteiger partial charge is 0.342 e. The Morgan fingerprint density at radius 2 is 2.00 bits per heavy atom. The van der Waals surface area contributed by atoms with Gasteiger partial charge in [0, 0.05) is 28.4 Å². The summed E-state index contributed by atoms with van der Waals surface area (Å²) in [5.41, 5.74) is 4.08. The topological polar surface area (TPSA) is 61.6 Å².